The first-order chi connectivity index (χ1) is 14.0. The first-order valence-electron chi connectivity index (χ1n) is 9.31. The smallest absolute Gasteiger partial charge is 0.341 e. The standard InChI is InChI=1S/C21H25NO7/c1-26-5-4-6-29-20-8-13-7-14(12-27-2)22-11-16(21(24)25)18(23)10-17(22)15(13)9-19(20)28-3/h8-11,14H,4-7,12H2,1-3H3,(H,24,25). The molecule has 2 heterocycles. The number of rotatable bonds is 9. The third-order valence-electron chi connectivity index (χ3n) is 4.93. The lowest BCUT2D eigenvalue weighted by atomic mass is 9.91. The number of carboxylic acids is 1. The lowest BCUT2D eigenvalue weighted by Crippen LogP contribution is -2.27. The number of carbonyl (C=O) groups is 1. The number of ether oxygens (including phenoxy) is 4. The Morgan fingerprint density at radius 3 is 2.59 bits per heavy atom. The Balaban J connectivity index is 2.08. The highest BCUT2D eigenvalue weighted by molar-refractivity contribution is 5.87. The third-order valence-corrected chi connectivity index (χ3v) is 4.93. The molecule has 0 bridgehead atoms. The fourth-order valence-electron chi connectivity index (χ4n) is 3.58. The number of aromatic nitrogens is 1. The number of nitrogens with zero attached hydrogens (tertiary/aromatic N) is 1. The molecule has 1 unspecified atom stereocenters. The lowest BCUT2D eigenvalue weighted by Gasteiger charge is -2.31. The van der Waals surface area contributed by atoms with Crippen LogP contribution in [0.15, 0.2) is 29.2 Å². The summed E-state index contributed by atoms with van der Waals surface area (Å²) in [5.74, 6) is -0.0752. The van der Waals surface area contributed by atoms with Gasteiger partial charge in [0, 0.05) is 45.1 Å². The van der Waals surface area contributed by atoms with Gasteiger partial charge in [-0.1, -0.05) is 0 Å². The molecule has 0 aliphatic carbocycles. The average molecular weight is 403 g/mol. The highest BCUT2D eigenvalue weighted by atomic mass is 16.5. The minimum Gasteiger partial charge on any atom is -0.493 e. The molecule has 0 amide bonds. The van der Waals surface area contributed by atoms with Crippen molar-refractivity contribution in [2.24, 2.45) is 0 Å². The minimum absolute atomic E-state index is 0.143. The van der Waals surface area contributed by atoms with Crippen LogP contribution in [0.2, 0.25) is 0 Å². The summed E-state index contributed by atoms with van der Waals surface area (Å²) < 4.78 is 23.5. The molecule has 1 atom stereocenters. The summed E-state index contributed by atoms with van der Waals surface area (Å²) in [7, 11) is 4.79. The zero-order chi connectivity index (χ0) is 21.0. The summed E-state index contributed by atoms with van der Waals surface area (Å²) in [5.41, 5.74) is 1.63. The monoisotopic (exact) mass is 403 g/mol. The normalized spacial score (nSPS) is 14.8. The SMILES string of the molecule is COCCCOc1cc2c(cc1OC)-c1cc(=O)c(C(=O)O)cn1C(COC)C2. The van der Waals surface area contributed by atoms with E-state index in [1.165, 1.54) is 12.3 Å². The molecule has 0 fully saturated rings. The Hall–Kier alpha value is -2.84. The maximum atomic E-state index is 12.3. The maximum absolute atomic E-state index is 12.3. The molecule has 0 radical (unpaired) electrons. The summed E-state index contributed by atoms with van der Waals surface area (Å²) in [6.07, 6.45) is 2.75. The molecule has 156 valence electrons. The van der Waals surface area contributed by atoms with Crippen LogP contribution in [-0.4, -0.2) is 56.8 Å². The maximum Gasteiger partial charge on any atom is 0.341 e. The van der Waals surface area contributed by atoms with E-state index in [0.29, 0.717) is 43.4 Å². The average Bonchev–Trinajstić information content (AvgIpc) is 2.70. The molecule has 8 nitrogen and oxygen atoms in total. The van der Waals surface area contributed by atoms with Crippen LogP contribution in [-0.2, 0) is 15.9 Å². The number of aromatic carboxylic acids is 1. The molecule has 3 rings (SSSR count). The predicted octanol–water partition coefficient (Wildman–Crippen LogP) is 2.38. The van der Waals surface area contributed by atoms with Crippen molar-refractivity contribution in [2.45, 2.75) is 18.9 Å². The van der Waals surface area contributed by atoms with Crippen molar-refractivity contribution < 1.29 is 28.8 Å². The number of hydrogen-bond donors (Lipinski definition) is 1. The molecule has 8 heteroatoms. The van der Waals surface area contributed by atoms with Crippen molar-refractivity contribution in [1.29, 1.82) is 0 Å². The van der Waals surface area contributed by atoms with E-state index in [1.54, 1.807) is 25.9 Å². The van der Waals surface area contributed by atoms with E-state index in [-0.39, 0.29) is 11.6 Å². The second kappa shape index (κ2) is 9.11. The largest absolute Gasteiger partial charge is 0.493 e. The van der Waals surface area contributed by atoms with Gasteiger partial charge >= 0.3 is 5.97 Å². The summed E-state index contributed by atoms with van der Waals surface area (Å²) in [4.78, 5) is 23.8. The van der Waals surface area contributed by atoms with E-state index >= 15 is 0 Å². The van der Waals surface area contributed by atoms with E-state index in [9.17, 15) is 14.7 Å². The van der Waals surface area contributed by atoms with Crippen molar-refractivity contribution in [3.05, 3.63) is 45.7 Å². The number of carboxylic acid groups (broad SMARTS) is 1. The summed E-state index contributed by atoms with van der Waals surface area (Å²) >= 11 is 0. The van der Waals surface area contributed by atoms with Crippen LogP contribution < -0.4 is 14.9 Å². The van der Waals surface area contributed by atoms with E-state index in [4.69, 9.17) is 18.9 Å². The zero-order valence-electron chi connectivity index (χ0n) is 16.8. The Morgan fingerprint density at radius 1 is 1.14 bits per heavy atom. The summed E-state index contributed by atoms with van der Waals surface area (Å²) in [6.45, 7) is 1.47. The summed E-state index contributed by atoms with van der Waals surface area (Å²) in [5, 5.41) is 9.33. The molecular weight excluding hydrogens is 378 g/mol. The second-order valence-corrected chi connectivity index (χ2v) is 6.82. The van der Waals surface area contributed by atoms with E-state index in [1.807, 2.05) is 12.1 Å². The van der Waals surface area contributed by atoms with Crippen LogP contribution in [0.4, 0.5) is 0 Å². The van der Waals surface area contributed by atoms with Gasteiger partial charge in [0.2, 0.25) is 0 Å². The lowest BCUT2D eigenvalue weighted by molar-refractivity contribution is 0.0693. The highest BCUT2D eigenvalue weighted by Gasteiger charge is 2.27. The molecule has 1 aromatic heterocycles. The molecule has 1 aliphatic rings. The molecule has 0 saturated heterocycles. The van der Waals surface area contributed by atoms with Gasteiger partial charge in [0.25, 0.3) is 0 Å². The van der Waals surface area contributed by atoms with Gasteiger partial charge in [0.15, 0.2) is 16.9 Å². The Kier molecular flexibility index (Phi) is 6.56. The van der Waals surface area contributed by atoms with Gasteiger partial charge in [-0.05, 0) is 24.1 Å². The fraction of sp³-hybridized carbons (Fsp3) is 0.429. The Morgan fingerprint density at radius 2 is 1.93 bits per heavy atom. The molecule has 0 saturated carbocycles. The highest BCUT2D eigenvalue weighted by Crippen LogP contribution is 2.41. The van der Waals surface area contributed by atoms with Crippen molar-refractivity contribution in [3.63, 3.8) is 0 Å². The van der Waals surface area contributed by atoms with Crippen molar-refractivity contribution in [3.8, 4) is 22.8 Å². The van der Waals surface area contributed by atoms with Crippen LogP contribution in [0.5, 0.6) is 11.5 Å². The van der Waals surface area contributed by atoms with Gasteiger partial charge in [-0.3, -0.25) is 4.79 Å². The molecule has 1 aliphatic heterocycles. The van der Waals surface area contributed by atoms with E-state index in [0.717, 1.165) is 17.5 Å². The van der Waals surface area contributed by atoms with Crippen LogP contribution in [0.1, 0.15) is 28.4 Å². The number of hydrogen-bond acceptors (Lipinski definition) is 6. The second-order valence-electron chi connectivity index (χ2n) is 6.82. The first-order valence-corrected chi connectivity index (χ1v) is 9.31. The van der Waals surface area contributed by atoms with Crippen molar-refractivity contribution in [2.75, 3.05) is 41.2 Å². The van der Waals surface area contributed by atoms with Crippen LogP contribution in [0.25, 0.3) is 11.3 Å². The molecular formula is C21H25NO7. The third kappa shape index (κ3) is 4.28. The van der Waals surface area contributed by atoms with E-state index in [2.05, 4.69) is 0 Å². The van der Waals surface area contributed by atoms with Gasteiger partial charge in [-0.15, -0.1) is 0 Å². The van der Waals surface area contributed by atoms with Gasteiger partial charge in [0.05, 0.1) is 32.1 Å². The van der Waals surface area contributed by atoms with Gasteiger partial charge in [0.1, 0.15) is 5.56 Å². The Bertz CT molecular complexity index is 951. The number of fused-ring (bicyclic) bond motifs is 3. The quantitative estimate of drug-likeness (QED) is 0.642. The van der Waals surface area contributed by atoms with Crippen LogP contribution in [0, 0.1) is 0 Å². The van der Waals surface area contributed by atoms with Crippen molar-refractivity contribution >= 4 is 5.97 Å². The molecule has 2 aromatic rings. The van der Waals surface area contributed by atoms with E-state index < -0.39 is 11.4 Å². The number of pyridine rings is 1. The van der Waals surface area contributed by atoms with Gasteiger partial charge in [-0.25, -0.2) is 4.79 Å². The predicted molar refractivity (Wildman–Crippen MR) is 106 cm³/mol. The van der Waals surface area contributed by atoms with Crippen LogP contribution in [0.3, 0.4) is 0 Å². The zero-order valence-corrected chi connectivity index (χ0v) is 16.8. The minimum atomic E-state index is -1.25. The van der Waals surface area contributed by atoms with Crippen molar-refractivity contribution in [1.82, 2.24) is 4.57 Å². The molecule has 29 heavy (non-hydrogen) atoms. The molecule has 1 N–H and O–H groups in total. The molecule has 1 aromatic carbocycles. The fourth-order valence-corrected chi connectivity index (χ4v) is 3.58. The Labute approximate surface area is 168 Å². The number of benzene rings is 1. The van der Waals surface area contributed by atoms with Gasteiger partial charge < -0.3 is 28.6 Å². The summed E-state index contributed by atoms with van der Waals surface area (Å²) in [6, 6.07) is 4.97. The molecule has 0 spiro atoms. The van der Waals surface area contributed by atoms with Crippen LogP contribution >= 0.6 is 0 Å². The van der Waals surface area contributed by atoms with Gasteiger partial charge in [-0.2, -0.15) is 0 Å². The topological polar surface area (TPSA) is 96.2 Å². The number of methoxy groups -OCH3 is 3. The first kappa shape index (κ1) is 20.9.